The Bertz CT molecular complexity index is 3220. The Hall–Kier alpha value is -4.54. The Balaban J connectivity index is 0.823. The Labute approximate surface area is 430 Å². The summed E-state index contributed by atoms with van der Waals surface area (Å²) in [6.45, 7) is 8.14. The molecule has 1 fully saturated rings. The van der Waals surface area contributed by atoms with E-state index in [1.54, 1.807) is 0 Å². The highest BCUT2D eigenvalue weighted by Gasteiger charge is 2.48. The summed E-state index contributed by atoms with van der Waals surface area (Å²) in [5.74, 6) is -0.0281. The van der Waals surface area contributed by atoms with Crippen LogP contribution >= 0.6 is 23.5 Å². The van der Waals surface area contributed by atoms with Gasteiger partial charge in [-0.2, -0.15) is 8.62 Å². The van der Waals surface area contributed by atoms with E-state index >= 15 is 0 Å². The van der Waals surface area contributed by atoms with E-state index in [1.807, 2.05) is 32.0 Å². The smallest absolute Gasteiger partial charge is 0.490 e. The topological polar surface area (TPSA) is 405 Å². The molecular formula is C43H61N10O18P3S. The summed E-state index contributed by atoms with van der Waals surface area (Å²) in [5, 5.41) is 29.8. The number of aliphatic hydroxyl groups is 2. The highest BCUT2D eigenvalue weighted by molar-refractivity contribution is 7.85. The Kier molecular flexibility index (Phi) is 16.9. The van der Waals surface area contributed by atoms with Crippen molar-refractivity contribution in [2.75, 3.05) is 61.0 Å². The fraction of sp³-hybridized carbons (Fsp3) is 0.581. The summed E-state index contributed by atoms with van der Waals surface area (Å²) in [6.07, 6.45) is 0.388. The van der Waals surface area contributed by atoms with Gasteiger partial charge in [0.2, 0.25) is 17.2 Å². The van der Waals surface area contributed by atoms with Crippen LogP contribution in [0.25, 0.3) is 11.2 Å². The zero-order valence-electron chi connectivity index (χ0n) is 41.1. The van der Waals surface area contributed by atoms with Crippen LogP contribution in [0.4, 0.5) is 23.1 Å². The molecule has 4 aromatic rings. The Morgan fingerprint density at radius 3 is 2.45 bits per heavy atom. The first-order chi connectivity index (χ1) is 35.2. The number of unbranched alkanes of at least 4 members (excludes halogenated alkanes) is 3. The quantitative estimate of drug-likeness (QED) is 0.0196. The predicted molar refractivity (Wildman–Crippen MR) is 266 cm³/mol. The minimum absolute atomic E-state index is 0.0236. The second kappa shape index (κ2) is 22.4. The van der Waals surface area contributed by atoms with Gasteiger partial charge in [0, 0.05) is 67.0 Å². The van der Waals surface area contributed by atoms with Gasteiger partial charge < -0.3 is 65.1 Å². The van der Waals surface area contributed by atoms with Gasteiger partial charge in [0.25, 0.3) is 0 Å². The van der Waals surface area contributed by atoms with Gasteiger partial charge in [-0.25, -0.2) is 46.6 Å². The van der Waals surface area contributed by atoms with Gasteiger partial charge in [0.05, 0.1) is 22.8 Å². The number of fused-ring (bicyclic) bond motifs is 5. The van der Waals surface area contributed by atoms with Gasteiger partial charge in [-0.3, -0.25) is 13.9 Å². The number of aliphatic hydroxyl groups excluding tert-OH is 2. The number of hydrogen-bond acceptors (Lipinski definition) is 21. The number of imidazole rings is 1. The van der Waals surface area contributed by atoms with Crippen LogP contribution in [0.15, 0.2) is 35.6 Å². The van der Waals surface area contributed by atoms with Crippen LogP contribution in [-0.4, -0.2) is 137 Å². The molecule has 1 saturated heterocycles. The third-order valence-corrected chi connectivity index (χ3v) is 18.0. The first kappa shape index (κ1) is 56.7. The molecule has 8 rings (SSSR count). The lowest BCUT2D eigenvalue weighted by Gasteiger charge is -2.48. The van der Waals surface area contributed by atoms with Gasteiger partial charge in [-0.15, -0.1) is 0 Å². The lowest BCUT2D eigenvalue weighted by Crippen LogP contribution is -2.50. The molecule has 2 aromatic carbocycles. The molecule has 1 amide bonds. The summed E-state index contributed by atoms with van der Waals surface area (Å²) in [5.41, 5.74) is 8.86. The van der Waals surface area contributed by atoms with Gasteiger partial charge >= 0.3 is 23.5 Å². The zero-order valence-corrected chi connectivity index (χ0v) is 44.6. The molecule has 75 heavy (non-hydrogen) atoms. The number of rotatable bonds is 23. The average Bonchev–Trinajstić information content (AvgIpc) is 3.81. The van der Waals surface area contributed by atoms with E-state index in [4.69, 9.17) is 30.0 Å². The zero-order chi connectivity index (χ0) is 54.3. The van der Waals surface area contributed by atoms with Gasteiger partial charge in [0.15, 0.2) is 34.7 Å². The van der Waals surface area contributed by atoms with E-state index in [1.165, 1.54) is 10.1 Å². The largest absolute Gasteiger partial charge is 0.748 e. The molecule has 7 atom stereocenters. The lowest BCUT2D eigenvalue weighted by molar-refractivity contribution is -0.121. The maximum Gasteiger partial charge on any atom is 0.490 e. The summed E-state index contributed by atoms with van der Waals surface area (Å²) in [7, 11) is -21.6. The number of aromatic nitrogens is 4. The van der Waals surface area contributed by atoms with Crippen molar-refractivity contribution in [3.63, 3.8) is 0 Å². The number of aryl methyl sites for hydroxylation is 1. The van der Waals surface area contributed by atoms with Crippen LogP contribution in [-0.2, 0) is 52.9 Å². The van der Waals surface area contributed by atoms with Crippen LogP contribution in [0.5, 0.6) is 11.5 Å². The molecule has 4 aliphatic rings. The molecule has 0 spiro atoms. The van der Waals surface area contributed by atoms with Crippen molar-refractivity contribution in [1.29, 1.82) is 0 Å². The van der Waals surface area contributed by atoms with E-state index in [9.17, 15) is 51.5 Å². The fourth-order valence-corrected chi connectivity index (χ4v) is 13.9. The predicted octanol–water partition coefficient (Wildman–Crippen LogP) is 2.07. The molecule has 10 N–H and O–H groups in total. The van der Waals surface area contributed by atoms with Crippen LogP contribution < -0.4 is 41.3 Å². The first-order valence-corrected chi connectivity index (χ1v) is 30.3. The van der Waals surface area contributed by atoms with E-state index < -0.39 is 81.9 Å². The number of nitrogens with two attached hydrogens (primary N) is 1. The van der Waals surface area contributed by atoms with E-state index in [-0.39, 0.29) is 35.3 Å². The summed E-state index contributed by atoms with van der Waals surface area (Å²) in [4.78, 5) is 69.7. The van der Waals surface area contributed by atoms with Crippen LogP contribution in [0.1, 0.15) is 95.4 Å². The Morgan fingerprint density at radius 1 is 0.987 bits per heavy atom. The third-order valence-electron chi connectivity index (χ3n) is 13.3. The molecule has 0 radical (unpaired) electrons. The molecule has 412 valence electrons. The number of phosphoric ester groups is 1. The highest BCUT2D eigenvalue weighted by atomic mass is 32.2. The van der Waals surface area contributed by atoms with Crippen LogP contribution in [0, 0.1) is 0 Å². The molecule has 0 aliphatic carbocycles. The van der Waals surface area contributed by atoms with Crippen LogP contribution in [0.3, 0.4) is 0 Å². The first-order valence-electron chi connectivity index (χ1n) is 24.2. The van der Waals surface area contributed by atoms with Crippen molar-refractivity contribution in [2.24, 2.45) is 4.99 Å². The maximum atomic E-state index is 13.1. The van der Waals surface area contributed by atoms with Crippen molar-refractivity contribution in [3.8, 4) is 11.5 Å². The molecule has 6 heterocycles. The lowest BCUT2D eigenvalue weighted by atomic mass is 9.79. The third kappa shape index (κ3) is 13.6. The monoisotopic (exact) mass is 1130 g/mol. The van der Waals surface area contributed by atoms with E-state index in [2.05, 4.69) is 61.2 Å². The molecule has 2 aromatic heterocycles. The number of nitrogen functional groups attached to an aromatic ring is 1. The van der Waals surface area contributed by atoms with Crippen molar-refractivity contribution in [3.05, 3.63) is 52.4 Å². The minimum atomic E-state index is -5.82. The number of ether oxygens (including phenoxy) is 2. The van der Waals surface area contributed by atoms with Crippen molar-refractivity contribution < 1.29 is 83.9 Å². The standard InChI is InChI=1S/C43H61N10O18P3S/c1-4-51-15-9-11-25-17-28-32(19-30(25)51)68-33-20-31-27(18-29(33)49-28)26(23-75(64,65)66)21-43(2,3)52(31)16-10-12-35(54)45-13-7-5-6-8-14-46-42-50-36-39(44)47-24-48-40(36)53(42)41-38(56)37(55)34(69-41)22-67-73(60,61)71-74(62,63)70-72(57,58)59/h17-20,24,26,34,37-38,41,44,49,55-56H,4-16,21-23H2,1-3H3,(H6,45,54,57,58,59,60,61,62,63,64,65,66)/t26?,34-,37-,38-,41-/m1/s1. The Morgan fingerprint density at radius 2 is 1.73 bits per heavy atom. The number of phosphoric acid groups is 3. The number of nitrogens with one attached hydrogen (secondary N) is 2. The SMILES string of the molecule is CC[N+]1=c2cc3c(cc2CCC1)=Nc1cc2c(cc1O3)N(CCCC(=O)NCCCCCCNc1nc3c(N)ncnc3n1[C@@H]1O[C@H](COP(=O)(O)OP(=O)(O)OP(=O)(O)O)[C@@H](O)[C@H]1O)C(C)(C)CC2CS(=O)(=O)[O-]. The van der Waals surface area contributed by atoms with E-state index in [0.29, 0.717) is 73.4 Å². The molecule has 32 heteroatoms. The average molecular weight is 1130 g/mol. The minimum Gasteiger partial charge on any atom is -0.748 e. The number of benzene rings is 2. The summed E-state index contributed by atoms with van der Waals surface area (Å²) in [6, 6.07) is 7.82. The number of amides is 1. The fourth-order valence-electron chi connectivity index (χ4n) is 10.1. The second-order valence-corrected chi connectivity index (χ2v) is 25.1. The van der Waals surface area contributed by atoms with Crippen molar-refractivity contribution >= 4 is 73.8 Å². The normalized spacial score (nSPS) is 22.7. The van der Waals surface area contributed by atoms with Crippen molar-refractivity contribution in [1.82, 2.24) is 29.4 Å². The molecule has 0 saturated carbocycles. The molecule has 0 bridgehead atoms. The number of hydrogen-bond donors (Lipinski definition) is 9. The summed E-state index contributed by atoms with van der Waals surface area (Å²) < 4.78 is 99.4. The molecular weight excluding hydrogens is 1070 g/mol. The van der Waals surface area contributed by atoms with E-state index in [0.717, 1.165) is 56.1 Å². The molecule has 28 nitrogen and oxygen atoms in total. The number of anilines is 3. The van der Waals surface area contributed by atoms with Gasteiger partial charge in [-0.05, 0) is 70.6 Å². The number of carbonyl (C=O) groups excluding carboxylic acids is 1. The highest BCUT2D eigenvalue weighted by Crippen LogP contribution is 2.66. The number of carbonyl (C=O) groups is 1. The second-order valence-electron chi connectivity index (χ2n) is 19.3. The summed E-state index contributed by atoms with van der Waals surface area (Å²) >= 11 is 0. The maximum absolute atomic E-state index is 13.1. The molecule has 3 unspecified atom stereocenters. The van der Waals surface area contributed by atoms with Gasteiger partial charge in [-0.1, -0.05) is 12.8 Å². The van der Waals surface area contributed by atoms with Gasteiger partial charge in [0.1, 0.15) is 48.8 Å². The number of nitrogens with zero attached hydrogens (tertiary/aromatic N) is 7. The van der Waals surface area contributed by atoms with Crippen LogP contribution in [0.2, 0.25) is 0 Å². The van der Waals surface area contributed by atoms with Crippen molar-refractivity contribution in [2.45, 2.75) is 115 Å². The molecule has 4 aliphatic heterocycles.